The van der Waals surface area contributed by atoms with Gasteiger partial charge in [-0.2, -0.15) is 0 Å². The molecule has 122 valence electrons. The molecule has 1 unspecified atom stereocenters. The van der Waals surface area contributed by atoms with Crippen LogP contribution >= 0.6 is 0 Å². The lowest BCUT2D eigenvalue weighted by atomic mass is 9.92. The molecule has 0 saturated carbocycles. The van der Waals surface area contributed by atoms with Crippen molar-refractivity contribution in [1.82, 2.24) is 14.9 Å². The molecule has 5 heteroatoms. The Hall–Kier alpha value is -1.88. The van der Waals surface area contributed by atoms with Crippen molar-refractivity contribution in [2.24, 2.45) is 5.92 Å². The van der Waals surface area contributed by atoms with Crippen LogP contribution in [0.3, 0.4) is 0 Å². The van der Waals surface area contributed by atoms with Gasteiger partial charge in [0.15, 0.2) is 0 Å². The highest BCUT2D eigenvalue weighted by atomic mass is 16.5. The van der Waals surface area contributed by atoms with E-state index in [-0.39, 0.29) is 5.92 Å². The smallest absolute Gasteiger partial charge is 0.225 e. The maximum absolute atomic E-state index is 12.7. The number of piperidine rings is 1. The molecule has 2 aliphatic rings. The van der Waals surface area contributed by atoms with Gasteiger partial charge < -0.3 is 14.6 Å². The summed E-state index contributed by atoms with van der Waals surface area (Å²) in [5.41, 5.74) is 2.15. The van der Waals surface area contributed by atoms with Crippen LogP contribution in [0.25, 0.3) is 11.0 Å². The van der Waals surface area contributed by atoms with E-state index in [1.165, 1.54) is 5.69 Å². The van der Waals surface area contributed by atoms with E-state index in [1.807, 2.05) is 12.3 Å². The SMILES string of the molecule is O=C(C1CCOCC1)N1CCCC(c2cc3cccnc3[nH]2)C1. The molecule has 5 nitrogen and oxygen atoms in total. The Morgan fingerprint density at radius 2 is 2.17 bits per heavy atom. The second-order valence-corrected chi connectivity index (χ2v) is 6.68. The maximum atomic E-state index is 12.7. The van der Waals surface area contributed by atoms with Crippen LogP contribution in [0.2, 0.25) is 0 Å². The monoisotopic (exact) mass is 313 g/mol. The molecule has 4 rings (SSSR count). The minimum Gasteiger partial charge on any atom is -0.381 e. The minimum absolute atomic E-state index is 0.159. The molecule has 0 spiro atoms. The first-order valence-corrected chi connectivity index (χ1v) is 8.61. The topological polar surface area (TPSA) is 58.2 Å². The number of rotatable bonds is 2. The number of fused-ring (bicyclic) bond motifs is 1. The zero-order valence-corrected chi connectivity index (χ0v) is 13.3. The Morgan fingerprint density at radius 1 is 1.30 bits per heavy atom. The summed E-state index contributed by atoms with van der Waals surface area (Å²) in [6.45, 7) is 3.16. The van der Waals surface area contributed by atoms with Crippen LogP contribution < -0.4 is 0 Å². The summed E-state index contributed by atoms with van der Waals surface area (Å²) in [6, 6.07) is 6.23. The Kier molecular flexibility index (Phi) is 4.04. The van der Waals surface area contributed by atoms with Crippen molar-refractivity contribution in [1.29, 1.82) is 0 Å². The van der Waals surface area contributed by atoms with Crippen LogP contribution in [0.1, 0.15) is 37.3 Å². The molecule has 1 atom stereocenters. The van der Waals surface area contributed by atoms with Gasteiger partial charge in [0, 0.05) is 55.4 Å². The van der Waals surface area contributed by atoms with Gasteiger partial charge in [-0.1, -0.05) is 0 Å². The Morgan fingerprint density at radius 3 is 3.00 bits per heavy atom. The van der Waals surface area contributed by atoms with E-state index < -0.39 is 0 Å². The summed E-state index contributed by atoms with van der Waals surface area (Å²) in [6.07, 6.45) is 5.75. The van der Waals surface area contributed by atoms with E-state index in [4.69, 9.17) is 4.74 Å². The lowest BCUT2D eigenvalue weighted by Crippen LogP contribution is -2.43. The molecule has 1 N–H and O–H groups in total. The van der Waals surface area contributed by atoms with Gasteiger partial charge >= 0.3 is 0 Å². The number of nitrogens with zero attached hydrogens (tertiary/aromatic N) is 2. The molecule has 2 aromatic heterocycles. The Balaban J connectivity index is 1.48. The van der Waals surface area contributed by atoms with Crippen LogP contribution in [0.4, 0.5) is 0 Å². The molecule has 0 radical (unpaired) electrons. The third kappa shape index (κ3) is 2.98. The number of aromatic nitrogens is 2. The number of ether oxygens (including phenoxy) is 1. The molecule has 0 aliphatic carbocycles. The van der Waals surface area contributed by atoms with Crippen molar-refractivity contribution in [3.63, 3.8) is 0 Å². The van der Waals surface area contributed by atoms with Gasteiger partial charge in [-0.05, 0) is 43.9 Å². The fourth-order valence-corrected chi connectivity index (χ4v) is 3.83. The van der Waals surface area contributed by atoms with Crippen LogP contribution in [0.5, 0.6) is 0 Å². The molecule has 2 fully saturated rings. The molecule has 4 heterocycles. The highest BCUT2D eigenvalue weighted by Crippen LogP contribution is 2.30. The van der Waals surface area contributed by atoms with Gasteiger partial charge in [-0.25, -0.2) is 4.98 Å². The standard InChI is InChI=1S/C18H23N3O2/c22-18(13-5-9-23-10-6-13)21-8-2-4-15(12-21)16-11-14-3-1-7-19-17(14)20-16/h1,3,7,11,13,15H,2,4-6,8-10,12H2,(H,19,20). The van der Waals surface area contributed by atoms with Crippen molar-refractivity contribution >= 4 is 16.9 Å². The number of H-pyrrole nitrogens is 1. The molecule has 1 amide bonds. The largest absolute Gasteiger partial charge is 0.381 e. The number of pyridine rings is 1. The zero-order valence-electron chi connectivity index (χ0n) is 13.3. The average Bonchev–Trinajstić information content (AvgIpc) is 3.06. The summed E-state index contributed by atoms with van der Waals surface area (Å²) in [7, 11) is 0. The third-order valence-corrected chi connectivity index (χ3v) is 5.16. The summed E-state index contributed by atoms with van der Waals surface area (Å²) >= 11 is 0. The predicted octanol–water partition coefficient (Wildman–Crippen LogP) is 2.70. The van der Waals surface area contributed by atoms with Crippen molar-refractivity contribution < 1.29 is 9.53 Å². The quantitative estimate of drug-likeness (QED) is 0.927. The summed E-state index contributed by atoms with van der Waals surface area (Å²) in [5.74, 6) is 0.876. The van der Waals surface area contributed by atoms with Crippen molar-refractivity contribution in [2.45, 2.75) is 31.6 Å². The normalized spacial score (nSPS) is 23.3. The second kappa shape index (κ2) is 6.32. The molecule has 0 bridgehead atoms. The first-order chi connectivity index (χ1) is 11.3. The first kappa shape index (κ1) is 14.7. The van der Waals surface area contributed by atoms with Gasteiger partial charge in [0.2, 0.25) is 5.91 Å². The molecule has 2 aromatic rings. The number of carbonyl (C=O) groups is 1. The molecular weight excluding hydrogens is 290 g/mol. The lowest BCUT2D eigenvalue weighted by Gasteiger charge is -2.35. The van der Waals surface area contributed by atoms with E-state index in [0.717, 1.165) is 63.0 Å². The van der Waals surface area contributed by atoms with Crippen LogP contribution in [0, 0.1) is 5.92 Å². The van der Waals surface area contributed by atoms with Crippen LogP contribution in [-0.2, 0) is 9.53 Å². The van der Waals surface area contributed by atoms with E-state index >= 15 is 0 Å². The van der Waals surface area contributed by atoms with E-state index in [9.17, 15) is 4.79 Å². The summed E-state index contributed by atoms with van der Waals surface area (Å²) in [5, 5.41) is 1.15. The van der Waals surface area contributed by atoms with Gasteiger partial charge in [0.1, 0.15) is 5.65 Å². The molecule has 2 saturated heterocycles. The third-order valence-electron chi connectivity index (χ3n) is 5.16. The van der Waals surface area contributed by atoms with E-state index in [2.05, 4.69) is 27.0 Å². The number of hydrogen-bond donors (Lipinski definition) is 1. The van der Waals surface area contributed by atoms with Crippen molar-refractivity contribution in [2.75, 3.05) is 26.3 Å². The van der Waals surface area contributed by atoms with E-state index in [1.54, 1.807) is 0 Å². The van der Waals surface area contributed by atoms with Crippen molar-refractivity contribution in [3.05, 3.63) is 30.1 Å². The van der Waals surface area contributed by atoms with Gasteiger partial charge in [0.05, 0.1) is 0 Å². The molecule has 2 aliphatic heterocycles. The van der Waals surface area contributed by atoms with E-state index in [0.29, 0.717) is 11.8 Å². The second-order valence-electron chi connectivity index (χ2n) is 6.68. The number of aromatic amines is 1. The molecule has 0 aromatic carbocycles. The average molecular weight is 313 g/mol. The number of amides is 1. The summed E-state index contributed by atoms with van der Waals surface area (Å²) in [4.78, 5) is 22.6. The fraction of sp³-hybridized carbons (Fsp3) is 0.556. The Bertz CT molecular complexity index is 657. The van der Waals surface area contributed by atoms with Crippen LogP contribution in [0.15, 0.2) is 24.4 Å². The fourth-order valence-electron chi connectivity index (χ4n) is 3.83. The molecular formula is C18H23N3O2. The lowest BCUT2D eigenvalue weighted by molar-refractivity contribution is -0.139. The highest BCUT2D eigenvalue weighted by Gasteiger charge is 2.31. The first-order valence-electron chi connectivity index (χ1n) is 8.61. The Labute approximate surface area is 136 Å². The van der Waals surface area contributed by atoms with Gasteiger partial charge in [-0.3, -0.25) is 4.79 Å². The summed E-state index contributed by atoms with van der Waals surface area (Å²) < 4.78 is 5.38. The number of likely N-dealkylation sites (tertiary alicyclic amines) is 1. The number of nitrogens with one attached hydrogen (secondary N) is 1. The number of carbonyl (C=O) groups excluding carboxylic acids is 1. The van der Waals surface area contributed by atoms with Crippen molar-refractivity contribution in [3.8, 4) is 0 Å². The minimum atomic E-state index is 0.159. The zero-order chi connectivity index (χ0) is 15.6. The highest BCUT2D eigenvalue weighted by molar-refractivity contribution is 5.79. The molecule has 23 heavy (non-hydrogen) atoms. The van der Waals surface area contributed by atoms with Crippen LogP contribution in [-0.4, -0.2) is 47.1 Å². The van der Waals surface area contributed by atoms with Gasteiger partial charge in [0.25, 0.3) is 0 Å². The van der Waals surface area contributed by atoms with Gasteiger partial charge in [-0.15, -0.1) is 0 Å². The predicted molar refractivity (Wildman–Crippen MR) is 88.2 cm³/mol. The maximum Gasteiger partial charge on any atom is 0.225 e. The number of hydrogen-bond acceptors (Lipinski definition) is 3.